The molecule has 0 unspecified atom stereocenters. The zero-order valence-electron chi connectivity index (χ0n) is 14.0. The molecule has 0 spiro atoms. The predicted octanol–water partition coefficient (Wildman–Crippen LogP) is 3.53. The minimum Gasteiger partial charge on any atom is -0.355 e. The largest absolute Gasteiger partial charge is 0.355 e. The Hall–Kier alpha value is -2.66. The molecule has 0 aliphatic heterocycles. The third-order valence-electron chi connectivity index (χ3n) is 4.33. The highest BCUT2D eigenvalue weighted by molar-refractivity contribution is 6.08. The van der Waals surface area contributed by atoms with Gasteiger partial charge >= 0.3 is 0 Å². The van der Waals surface area contributed by atoms with E-state index >= 15 is 0 Å². The number of aromatic nitrogens is 4. The summed E-state index contributed by atoms with van der Waals surface area (Å²) >= 11 is 0. The molecular formula is C19H21N5. The van der Waals surface area contributed by atoms with Gasteiger partial charge in [-0.25, -0.2) is 0 Å². The number of hydrogen-bond donors (Lipinski definition) is 1. The zero-order chi connectivity index (χ0) is 16.5. The summed E-state index contributed by atoms with van der Waals surface area (Å²) in [4.78, 5) is 5.64. The molecule has 0 aliphatic rings. The van der Waals surface area contributed by atoms with E-state index in [1.165, 1.54) is 10.8 Å². The van der Waals surface area contributed by atoms with E-state index in [9.17, 15) is 0 Å². The first-order valence-corrected chi connectivity index (χ1v) is 8.26. The number of para-hydroxylation sites is 1. The molecule has 5 heteroatoms. The highest BCUT2D eigenvalue weighted by Crippen LogP contribution is 2.29. The first-order valence-electron chi connectivity index (χ1n) is 8.26. The summed E-state index contributed by atoms with van der Waals surface area (Å²) in [6.07, 6.45) is 3.10. The zero-order valence-corrected chi connectivity index (χ0v) is 14.0. The van der Waals surface area contributed by atoms with Gasteiger partial charge in [0.05, 0.1) is 6.20 Å². The number of nitrogens with zero attached hydrogens (tertiary/aromatic N) is 4. The molecule has 0 saturated heterocycles. The Labute approximate surface area is 140 Å². The molecule has 2 aromatic carbocycles. The van der Waals surface area contributed by atoms with Crippen molar-refractivity contribution in [3.63, 3.8) is 0 Å². The predicted molar refractivity (Wildman–Crippen MR) is 98.0 cm³/mol. The van der Waals surface area contributed by atoms with Gasteiger partial charge in [0.1, 0.15) is 5.69 Å². The lowest BCUT2D eigenvalue weighted by atomic mass is 10.1. The summed E-state index contributed by atoms with van der Waals surface area (Å²) < 4.78 is 1.93. The summed E-state index contributed by atoms with van der Waals surface area (Å²) in [5, 5.41) is 11.1. The molecule has 5 nitrogen and oxygen atoms in total. The number of aromatic amines is 1. The lowest BCUT2D eigenvalue weighted by Gasteiger charge is -2.08. The van der Waals surface area contributed by atoms with Gasteiger partial charge in [-0.3, -0.25) is 4.68 Å². The van der Waals surface area contributed by atoms with Gasteiger partial charge in [0.15, 0.2) is 0 Å². The minimum atomic E-state index is 0.889. The van der Waals surface area contributed by atoms with Crippen LogP contribution in [-0.4, -0.2) is 45.5 Å². The van der Waals surface area contributed by atoms with Crippen molar-refractivity contribution in [2.24, 2.45) is 0 Å². The molecule has 2 heterocycles. The van der Waals surface area contributed by atoms with Crippen molar-refractivity contribution in [3.05, 3.63) is 48.7 Å². The van der Waals surface area contributed by atoms with Crippen molar-refractivity contribution in [3.8, 4) is 11.3 Å². The molecule has 0 bridgehead atoms. The topological polar surface area (TPSA) is 49.7 Å². The lowest BCUT2D eigenvalue weighted by Crippen LogP contribution is -2.15. The second-order valence-electron chi connectivity index (χ2n) is 6.45. The molecule has 24 heavy (non-hydrogen) atoms. The van der Waals surface area contributed by atoms with Crippen molar-refractivity contribution in [1.29, 1.82) is 0 Å². The second kappa shape index (κ2) is 6.09. The van der Waals surface area contributed by atoms with E-state index in [0.29, 0.717) is 0 Å². The van der Waals surface area contributed by atoms with Crippen molar-refractivity contribution < 1.29 is 0 Å². The molecule has 4 aromatic rings. The SMILES string of the molecule is CN(C)CCCn1cc(-c2ccc3[nH]c4ccccc4c3c2)nn1. The quantitative estimate of drug-likeness (QED) is 0.612. The fourth-order valence-electron chi connectivity index (χ4n) is 3.10. The summed E-state index contributed by atoms with van der Waals surface area (Å²) in [6.45, 7) is 1.94. The number of rotatable bonds is 5. The van der Waals surface area contributed by atoms with Gasteiger partial charge in [-0.2, -0.15) is 0 Å². The maximum atomic E-state index is 4.34. The molecule has 0 fully saturated rings. The first-order chi connectivity index (χ1) is 11.7. The summed E-state index contributed by atoms with van der Waals surface area (Å²) in [6, 6.07) is 14.8. The Balaban J connectivity index is 1.64. The Kier molecular flexibility index (Phi) is 3.78. The Bertz CT molecular complexity index is 980. The van der Waals surface area contributed by atoms with E-state index in [2.05, 4.69) is 76.8 Å². The van der Waals surface area contributed by atoms with Gasteiger partial charge in [0.25, 0.3) is 0 Å². The van der Waals surface area contributed by atoms with Gasteiger partial charge in [-0.1, -0.05) is 29.5 Å². The van der Waals surface area contributed by atoms with Crippen molar-refractivity contribution >= 4 is 21.8 Å². The molecule has 0 aliphatic carbocycles. The van der Waals surface area contributed by atoms with Gasteiger partial charge in [0, 0.05) is 33.9 Å². The van der Waals surface area contributed by atoms with Crippen LogP contribution in [0.2, 0.25) is 0 Å². The second-order valence-corrected chi connectivity index (χ2v) is 6.45. The maximum absolute atomic E-state index is 4.34. The summed E-state index contributed by atoms with van der Waals surface area (Å²) in [7, 11) is 4.17. The highest BCUT2D eigenvalue weighted by Gasteiger charge is 2.08. The Morgan fingerprint density at radius 2 is 1.88 bits per heavy atom. The van der Waals surface area contributed by atoms with Crippen molar-refractivity contribution in [2.75, 3.05) is 20.6 Å². The molecule has 0 saturated carbocycles. The van der Waals surface area contributed by atoms with Gasteiger partial charge in [-0.15, -0.1) is 5.10 Å². The minimum absolute atomic E-state index is 0.889. The number of benzene rings is 2. The molecule has 0 atom stereocenters. The molecule has 0 amide bonds. The van der Waals surface area contributed by atoms with Crippen LogP contribution in [0.3, 0.4) is 0 Å². The molecule has 4 rings (SSSR count). The number of nitrogens with one attached hydrogen (secondary N) is 1. The number of fused-ring (bicyclic) bond motifs is 3. The first kappa shape index (κ1) is 14.9. The molecule has 0 radical (unpaired) electrons. The third kappa shape index (κ3) is 2.78. The van der Waals surface area contributed by atoms with Crippen molar-refractivity contribution in [1.82, 2.24) is 24.9 Å². The van der Waals surface area contributed by atoms with Crippen LogP contribution < -0.4 is 0 Å². The van der Waals surface area contributed by atoms with Crippen LogP contribution in [0.5, 0.6) is 0 Å². The fraction of sp³-hybridized carbons (Fsp3) is 0.263. The number of hydrogen-bond acceptors (Lipinski definition) is 3. The molecule has 122 valence electrons. The van der Waals surface area contributed by atoms with Crippen LogP contribution in [-0.2, 0) is 6.54 Å². The van der Waals surface area contributed by atoms with E-state index in [-0.39, 0.29) is 0 Å². The van der Waals surface area contributed by atoms with Crippen LogP contribution in [0, 0.1) is 0 Å². The Morgan fingerprint density at radius 1 is 1.04 bits per heavy atom. The average Bonchev–Trinajstić information content (AvgIpc) is 3.18. The van der Waals surface area contributed by atoms with Crippen LogP contribution in [0.15, 0.2) is 48.7 Å². The van der Waals surface area contributed by atoms with Gasteiger partial charge in [-0.05, 0) is 45.3 Å². The maximum Gasteiger partial charge on any atom is 0.113 e. The van der Waals surface area contributed by atoms with Crippen LogP contribution in [0.1, 0.15) is 6.42 Å². The van der Waals surface area contributed by atoms with Gasteiger partial charge < -0.3 is 9.88 Å². The molecule has 1 N–H and O–H groups in total. The van der Waals surface area contributed by atoms with Crippen LogP contribution in [0.4, 0.5) is 0 Å². The standard InChI is InChI=1S/C19H21N5/c1-23(2)10-5-11-24-13-19(21-22-24)14-8-9-18-16(12-14)15-6-3-4-7-17(15)20-18/h3-4,6-9,12-13,20H,5,10-11H2,1-2H3. The van der Waals surface area contributed by atoms with E-state index < -0.39 is 0 Å². The van der Waals surface area contributed by atoms with Gasteiger partial charge in [0.2, 0.25) is 0 Å². The van der Waals surface area contributed by atoms with E-state index in [1.54, 1.807) is 0 Å². The van der Waals surface area contributed by atoms with E-state index in [4.69, 9.17) is 0 Å². The monoisotopic (exact) mass is 319 g/mol. The van der Waals surface area contributed by atoms with Crippen LogP contribution >= 0.6 is 0 Å². The summed E-state index contributed by atoms with van der Waals surface area (Å²) in [5.41, 5.74) is 4.34. The third-order valence-corrected chi connectivity index (χ3v) is 4.33. The molecular weight excluding hydrogens is 298 g/mol. The lowest BCUT2D eigenvalue weighted by molar-refractivity contribution is 0.379. The highest BCUT2D eigenvalue weighted by atomic mass is 15.4. The van der Waals surface area contributed by atoms with E-state index in [0.717, 1.165) is 41.8 Å². The normalized spacial score (nSPS) is 11.8. The number of H-pyrrole nitrogens is 1. The smallest absolute Gasteiger partial charge is 0.113 e. The summed E-state index contributed by atoms with van der Waals surface area (Å²) in [5.74, 6) is 0. The Morgan fingerprint density at radius 3 is 2.75 bits per heavy atom. The van der Waals surface area contributed by atoms with Crippen molar-refractivity contribution in [2.45, 2.75) is 13.0 Å². The van der Waals surface area contributed by atoms with Crippen LogP contribution in [0.25, 0.3) is 33.1 Å². The van der Waals surface area contributed by atoms with E-state index in [1.807, 2.05) is 10.9 Å². The fourth-order valence-corrected chi connectivity index (χ4v) is 3.10. The average molecular weight is 319 g/mol. The molecule has 2 aromatic heterocycles. The number of aryl methyl sites for hydroxylation is 1.